The van der Waals surface area contributed by atoms with Crippen molar-refractivity contribution in [3.05, 3.63) is 108 Å². The first-order chi connectivity index (χ1) is 28.7. The van der Waals surface area contributed by atoms with Crippen molar-refractivity contribution in [3.63, 3.8) is 0 Å². The first-order valence-electron chi connectivity index (χ1n) is 20.6. The quantitative estimate of drug-likeness (QED) is 0.134. The number of hydrogen-bond acceptors (Lipinski definition) is 11. The molecule has 4 aromatic heterocycles. The van der Waals surface area contributed by atoms with Gasteiger partial charge in [-0.05, 0) is 92.6 Å². The highest BCUT2D eigenvalue weighted by Gasteiger charge is 2.36. The molecule has 2 saturated carbocycles. The third-order valence-corrected chi connectivity index (χ3v) is 11.6. The maximum absolute atomic E-state index is 12.8. The van der Waals surface area contributed by atoms with E-state index in [2.05, 4.69) is 35.9 Å². The van der Waals surface area contributed by atoms with E-state index in [9.17, 15) is 19.2 Å². The highest BCUT2D eigenvalue weighted by atomic mass is 35.5. The molecule has 0 spiro atoms. The van der Waals surface area contributed by atoms with Crippen molar-refractivity contribution < 1.29 is 24.3 Å². The number of carbonyl (C=O) groups is 4. The number of pyridine rings is 4. The second-order valence-corrected chi connectivity index (χ2v) is 15.6. The number of likely N-dealkylation sites (N-methyl/N-ethyl adjacent to an activating group) is 2. The van der Waals surface area contributed by atoms with Gasteiger partial charge >= 0.3 is 5.97 Å². The van der Waals surface area contributed by atoms with E-state index in [4.69, 9.17) is 5.11 Å². The van der Waals surface area contributed by atoms with Gasteiger partial charge in [0.25, 0.3) is 5.91 Å². The molecule has 2 saturated heterocycles. The lowest BCUT2D eigenvalue weighted by molar-refractivity contribution is -0.139. The Bertz CT molecular complexity index is 1970. The zero-order chi connectivity index (χ0) is 41.6. The summed E-state index contributed by atoms with van der Waals surface area (Å²) in [6, 6.07) is 15.0. The summed E-state index contributed by atoms with van der Waals surface area (Å²) >= 11 is 0. The SMILES string of the molecule is CN(C(=O)C1CCC1)[C@H]1CCN(C(=O)c2ccc(NCc3cccnc3)nc2)C1.CN(C(=O)C1CCC1)[C@H]1CCNC1.Cl.Cl.O=C(O)c1ccc(NCc2cccnc2)nc1. The number of nitrogens with one attached hydrogen (secondary N) is 3. The fourth-order valence-electron chi connectivity index (χ4n) is 7.28. The highest BCUT2D eigenvalue weighted by Crippen LogP contribution is 2.30. The number of likely N-dealkylation sites (tertiary alicyclic amines) is 1. The van der Waals surface area contributed by atoms with Crippen molar-refractivity contribution >= 4 is 60.1 Å². The Balaban J connectivity index is 0.000000218. The summed E-state index contributed by atoms with van der Waals surface area (Å²) in [6.07, 6.45) is 18.6. The Morgan fingerprint density at radius 3 is 1.64 bits per heavy atom. The normalized spacial score (nSPS) is 17.8. The minimum atomic E-state index is -0.976. The predicted molar refractivity (Wildman–Crippen MR) is 239 cm³/mol. The summed E-state index contributed by atoms with van der Waals surface area (Å²) in [5.41, 5.74) is 2.86. The van der Waals surface area contributed by atoms with Crippen molar-refractivity contribution in [1.82, 2.24) is 40.0 Å². The van der Waals surface area contributed by atoms with Crippen LogP contribution in [0, 0.1) is 11.8 Å². The van der Waals surface area contributed by atoms with Crippen LogP contribution in [0.5, 0.6) is 0 Å². The molecule has 0 unspecified atom stereocenters. The summed E-state index contributed by atoms with van der Waals surface area (Å²) in [5, 5.41) is 18.3. The minimum absolute atomic E-state index is 0. The van der Waals surface area contributed by atoms with Gasteiger partial charge in [0.2, 0.25) is 11.8 Å². The minimum Gasteiger partial charge on any atom is -0.478 e. The fourth-order valence-corrected chi connectivity index (χ4v) is 7.28. The maximum Gasteiger partial charge on any atom is 0.337 e. The van der Waals surface area contributed by atoms with Gasteiger partial charge in [-0.15, -0.1) is 24.8 Å². The molecule has 4 fully saturated rings. The molecule has 328 valence electrons. The van der Waals surface area contributed by atoms with E-state index in [-0.39, 0.29) is 54.2 Å². The molecule has 15 nitrogen and oxygen atoms in total. The first kappa shape index (κ1) is 48.3. The van der Waals surface area contributed by atoms with Crippen molar-refractivity contribution in [3.8, 4) is 0 Å². The Hall–Kier alpha value is -5.38. The Morgan fingerprint density at radius 1 is 0.705 bits per heavy atom. The van der Waals surface area contributed by atoms with Gasteiger partial charge in [0.05, 0.1) is 17.2 Å². The van der Waals surface area contributed by atoms with Crippen molar-refractivity contribution in [2.75, 3.05) is 50.9 Å². The second kappa shape index (κ2) is 24.2. The summed E-state index contributed by atoms with van der Waals surface area (Å²) in [7, 11) is 3.84. The zero-order valence-corrected chi connectivity index (χ0v) is 36.5. The van der Waals surface area contributed by atoms with Gasteiger partial charge in [-0.1, -0.05) is 25.0 Å². The molecular formula is C44H58Cl2N10O5. The largest absolute Gasteiger partial charge is 0.478 e. The summed E-state index contributed by atoms with van der Waals surface area (Å²) in [5.74, 6) is 1.52. The Labute approximate surface area is 370 Å². The van der Waals surface area contributed by atoms with Gasteiger partial charge in [-0.3, -0.25) is 24.4 Å². The molecule has 3 amide bonds. The number of carbonyl (C=O) groups excluding carboxylic acids is 3. The molecule has 0 aromatic carbocycles. The summed E-state index contributed by atoms with van der Waals surface area (Å²) in [6.45, 7) is 4.54. The van der Waals surface area contributed by atoms with Crippen LogP contribution in [0.1, 0.15) is 83.2 Å². The third kappa shape index (κ3) is 13.8. The number of halogens is 2. The van der Waals surface area contributed by atoms with Gasteiger partial charge in [0.1, 0.15) is 11.6 Å². The number of carboxylic acids is 1. The number of aromatic carboxylic acids is 1. The molecule has 0 radical (unpaired) electrons. The molecule has 17 heteroatoms. The van der Waals surface area contributed by atoms with Gasteiger partial charge in [0, 0.05) is 102 Å². The van der Waals surface area contributed by atoms with Crippen LogP contribution in [0.15, 0.2) is 85.7 Å². The van der Waals surface area contributed by atoms with E-state index in [1.807, 2.05) is 59.1 Å². The average molecular weight is 878 g/mol. The van der Waals surface area contributed by atoms with Crippen LogP contribution in [0.3, 0.4) is 0 Å². The molecular weight excluding hydrogens is 819 g/mol. The van der Waals surface area contributed by atoms with E-state index in [0.717, 1.165) is 75.0 Å². The van der Waals surface area contributed by atoms with Crippen LogP contribution in [-0.4, -0.2) is 116 Å². The number of amides is 3. The molecule has 61 heavy (non-hydrogen) atoms. The number of aromatic nitrogens is 4. The van der Waals surface area contributed by atoms with Crippen molar-refractivity contribution in [2.24, 2.45) is 11.8 Å². The molecule has 6 heterocycles. The van der Waals surface area contributed by atoms with Gasteiger partial charge in [-0.25, -0.2) is 14.8 Å². The van der Waals surface area contributed by atoms with Crippen LogP contribution < -0.4 is 16.0 Å². The van der Waals surface area contributed by atoms with Gasteiger partial charge in [-0.2, -0.15) is 0 Å². The van der Waals surface area contributed by atoms with E-state index in [0.29, 0.717) is 55.4 Å². The van der Waals surface area contributed by atoms with Crippen molar-refractivity contribution in [2.45, 2.75) is 76.5 Å². The third-order valence-electron chi connectivity index (χ3n) is 11.6. The topological polar surface area (TPSA) is 186 Å². The van der Waals surface area contributed by atoms with Gasteiger partial charge < -0.3 is 35.8 Å². The summed E-state index contributed by atoms with van der Waals surface area (Å²) < 4.78 is 0. The zero-order valence-electron chi connectivity index (χ0n) is 34.8. The smallest absolute Gasteiger partial charge is 0.337 e. The van der Waals surface area contributed by atoms with Gasteiger partial charge in [0.15, 0.2) is 0 Å². The van der Waals surface area contributed by atoms with E-state index in [1.54, 1.807) is 43.1 Å². The first-order valence-corrected chi connectivity index (χ1v) is 20.6. The monoisotopic (exact) mass is 876 g/mol. The predicted octanol–water partition coefficient (Wildman–Crippen LogP) is 5.80. The van der Waals surface area contributed by atoms with E-state index >= 15 is 0 Å². The van der Waals surface area contributed by atoms with Crippen LogP contribution >= 0.6 is 24.8 Å². The highest BCUT2D eigenvalue weighted by molar-refractivity contribution is 5.94. The number of carboxylic acid groups (broad SMARTS) is 1. The standard InChI is InChI=1S/C22H27N5O2.C12H11N3O2.C10H18N2O.2ClH/c1-26(21(28)17-5-2-6-17)19-9-11-27(15-19)22(29)18-7-8-20(25-14-18)24-13-16-4-3-10-23-12-16;16-12(17)10-3-4-11(15-8-10)14-7-9-2-1-5-13-6-9;1-12(9-5-6-11-7-9)10(13)8-3-2-4-8;;/h3-4,7-8,10,12,14,17,19H,2,5-6,9,11,13,15H2,1H3,(H,24,25);1-6,8H,7H2,(H,14,15)(H,16,17);8-9,11H,2-7H2,1H3;2*1H/t19-;;9-;;/m0.0../s1. The lowest BCUT2D eigenvalue weighted by atomic mass is 9.84. The van der Waals surface area contributed by atoms with Crippen LogP contribution in [-0.2, 0) is 22.7 Å². The van der Waals surface area contributed by atoms with Crippen LogP contribution in [0.4, 0.5) is 11.6 Å². The molecule has 4 aliphatic rings. The van der Waals surface area contributed by atoms with Crippen LogP contribution in [0.25, 0.3) is 0 Å². The Morgan fingerprint density at radius 2 is 1.23 bits per heavy atom. The fraction of sp³-hybridized carbons (Fsp3) is 0.455. The molecule has 2 aliphatic heterocycles. The van der Waals surface area contributed by atoms with E-state index < -0.39 is 5.97 Å². The molecule has 4 aromatic rings. The Kier molecular flexibility index (Phi) is 19.1. The summed E-state index contributed by atoms with van der Waals surface area (Å²) in [4.78, 5) is 69.8. The number of hydrogen-bond donors (Lipinski definition) is 4. The lowest BCUT2D eigenvalue weighted by Gasteiger charge is -2.32. The van der Waals surface area contributed by atoms with Crippen molar-refractivity contribution in [1.29, 1.82) is 0 Å². The number of rotatable bonds is 12. The van der Waals surface area contributed by atoms with E-state index in [1.165, 1.54) is 18.7 Å². The molecule has 2 atom stereocenters. The molecule has 4 N–H and O–H groups in total. The molecule has 0 bridgehead atoms. The average Bonchev–Trinajstić information content (AvgIpc) is 3.96. The van der Waals surface area contributed by atoms with Crippen LogP contribution in [0.2, 0.25) is 0 Å². The maximum atomic E-state index is 12.8. The number of nitrogens with zero attached hydrogens (tertiary/aromatic N) is 7. The number of anilines is 2. The lowest BCUT2D eigenvalue weighted by Crippen LogP contribution is -2.44. The second-order valence-electron chi connectivity index (χ2n) is 15.6. The molecule has 8 rings (SSSR count). The molecule has 2 aliphatic carbocycles.